The molecular weight excluding hydrogens is 371 g/mol. The summed E-state index contributed by atoms with van der Waals surface area (Å²) in [6.45, 7) is 0. The standard InChI is InChI=1S/C12H11BO2.C7H6BF3O2/c14-13(15)12-8-6-11(7-9-12)10-4-2-1-3-5-10;9-7(10,11)5-1-3-6(4-2-5)8(12)13/h1-9,14-15H;1-4,12-13H. The van der Waals surface area contributed by atoms with Gasteiger partial charge in [-0.15, -0.1) is 0 Å². The van der Waals surface area contributed by atoms with Gasteiger partial charge in [-0.1, -0.05) is 78.9 Å². The third-order valence-corrected chi connectivity index (χ3v) is 3.85. The van der Waals surface area contributed by atoms with E-state index in [0.717, 1.165) is 35.4 Å². The Kier molecular flexibility index (Phi) is 7.42. The first-order valence-corrected chi connectivity index (χ1v) is 8.23. The minimum Gasteiger partial charge on any atom is -0.423 e. The van der Waals surface area contributed by atoms with Crippen molar-refractivity contribution in [1.82, 2.24) is 0 Å². The molecule has 0 atom stereocenters. The van der Waals surface area contributed by atoms with Crippen molar-refractivity contribution < 1.29 is 33.3 Å². The first kappa shape index (κ1) is 21.7. The highest BCUT2D eigenvalue weighted by atomic mass is 19.4. The number of halogens is 3. The van der Waals surface area contributed by atoms with Gasteiger partial charge in [0.05, 0.1) is 5.56 Å². The lowest BCUT2D eigenvalue weighted by Gasteiger charge is -2.06. The summed E-state index contributed by atoms with van der Waals surface area (Å²) in [7, 11) is -3.13. The normalized spacial score (nSPS) is 10.7. The molecule has 0 heterocycles. The lowest BCUT2D eigenvalue weighted by Crippen LogP contribution is -2.29. The molecule has 0 aliphatic heterocycles. The van der Waals surface area contributed by atoms with Gasteiger partial charge in [-0.3, -0.25) is 0 Å². The summed E-state index contributed by atoms with van der Waals surface area (Å²) in [6.07, 6.45) is -4.39. The highest BCUT2D eigenvalue weighted by Crippen LogP contribution is 2.28. The van der Waals surface area contributed by atoms with Crippen molar-refractivity contribution in [3.8, 4) is 11.1 Å². The number of rotatable bonds is 3. The van der Waals surface area contributed by atoms with Crippen LogP contribution in [0.1, 0.15) is 5.56 Å². The van der Waals surface area contributed by atoms with Crippen LogP contribution in [0.15, 0.2) is 78.9 Å². The van der Waals surface area contributed by atoms with E-state index in [9.17, 15) is 13.2 Å². The Balaban J connectivity index is 0.000000203. The Morgan fingerprint density at radius 3 is 1.32 bits per heavy atom. The van der Waals surface area contributed by atoms with E-state index < -0.39 is 26.0 Å². The molecule has 0 spiro atoms. The van der Waals surface area contributed by atoms with Crippen LogP contribution in [0.25, 0.3) is 11.1 Å². The van der Waals surface area contributed by atoms with Gasteiger partial charge in [0.15, 0.2) is 0 Å². The van der Waals surface area contributed by atoms with E-state index in [0.29, 0.717) is 5.46 Å². The molecule has 0 bridgehead atoms. The smallest absolute Gasteiger partial charge is 0.423 e. The predicted octanol–water partition coefficient (Wildman–Crippen LogP) is 1.42. The van der Waals surface area contributed by atoms with E-state index in [2.05, 4.69) is 0 Å². The summed E-state index contributed by atoms with van der Waals surface area (Å²) in [5.41, 5.74) is 1.93. The molecule has 0 unspecified atom stereocenters. The van der Waals surface area contributed by atoms with Crippen molar-refractivity contribution in [3.63, 3.8) is 0 Å². The fraction of sp³-hybridized carbons (Fsp3) is 0.0526. The summed E-state index contributed by atoms with van der Waals surface area (Å²) in [6, 6.07) is 20.8. The molecule has 0 aliphatic carbocycles. The summed E-state index contributed by atoms with van der Waals surface area (Å²) in [4.78, 5) is 0. The molecule has 0 aliphatic rings. The SMILES string of the molecule is OB(O)c1ccc(-c2ccccc2)cc1.OB(O)c1ccc(C(F)(F)F)cc1. The number of alkyl halides is 3. The van der Waals surface area contributed by atoms with Crippen molar-refractivity contribution in [2.24, 2.45) is 0 Å². The maximum atomic E-state index is 12.0. The molecule has 0 aromatic heterocycles. The van der Waals surface area contributed by atoms with Crippen LogP contribution in [-0.4, -0.2) is 34.3 Å². The van der Waals surface area contributed by atoms with Gasteiger partial charge >= 0.3 is 20.4 Å². The molecule has 3 rings (SSSR count). The van der Waals surface area contributed by atoms with Gasteiger partial charge in [-0.05, 0) is 22.1 Å². The van der Waals surface area contributed by atoms with Gasteiger partial charge in [0.2, 0.25) is 0 Å². The second-order valence-corrected chi connectivity index (χ2v) is 5.86. The fourth-order valence-corrected chi connectivity index (χ4v) is 2.32. The highest BCUT2D eigenvalue weighted by Gasteiger charge is 2.30. The summed E-state index contributed by atoms with van der Waals surface area (Å²) >= 11 is 0. The first-order chi connectivity index (χ1) is 13.2. The zero-order chi connectivity index (χ0) is 20.7. The Bertz CT molecular complexity index is 853. The van der Waals surface area contributed by atoms with Crippen molar-refractivity contribution in [2.75, 3.05) is 0 Å². The van der Waals surface area contributed by atoms with E-state index in [4.69, 9.17) is 20.1 Å². The first-order valence-electron chi connectivity index (χ1n) is 8.23. The number of hydrogen-bond acceptors (Lipinski definition) is 4. The average Bonchev–Trinajstić information content (AvgIpc) is 2.68. The minimum absolute atomic E-state index is 0.0352. The van der Waals surface area contributed by atoms with Crippen molar-refractivity contribution in [1.29, 1.82) is 0 Å². The van der Waals surface area contributed by atoms with Crippen molar-refractivity contribution in [2.45, 2.75) is 6.18 Å². The van der Waals surface area contributed by atoms with Crippen LogP contribution in [-0.2, 0) is 6.18 Å². The maximum Gasteiger partial charge on any atom is 0.488 e. The van der Waals surface area contributed by atoms with Crippen LogP contribution >= 0.6 is 0 Å². The molecule has 144 valence electrons. The van der Waals surface area contributed by atoms with E-state index in [1.54, 1.807) is 12.1 Å². The lowest BCUT2D eigenvalue weighted by atomic mass is 9.80. The molecule has 3 aromatic carbocycles. The van der Waals surface area contributed by atoms with Crippen LogP contribution in [0.5, 0.6) is 0 Å². The molecule has 0 amide bonds. The van der Waals surface area contributed by atoms with E-state index in [-0.39, 0.29) is 5.46 Å². The van der Waals surface area contributed by atoms with E-state index in [1.807, 2.05) is 42.5 Å². The Hall–Kier alpha value is -2.58. The van der Waals surface area contributed by atoms with Gasteiger partial charge in [-0.2, -0.15) is 13.2 Å². The summed E-state index contributed by atoms with van der Waals surface area (Å²) in [5, 5.41) is 35.1. The van der Waals surface area contributed by atoms with Crippen LogP contribution in [0.2, 0.25) is 0 Å². The Labute approximate surface area is 160 Å². The second kappa shape index (κ2) is 9.57. The average molecular weight is 388 g/mol. The molecule has 3 aromatic rings. The molecule has 4 N–H and O–H groups in total. The van der Waals surface area contributed by atoms with Gasteiger partial charge in [0, 0.05) is 0 Å². The third-order valence-electron chi connectivity index (χ3n) is 3.85. The molecule has 4 nitrogen and oxygen atoms in total. The molecule has 28 heavy (non-hydrogen) atoms. The summed E-state index contributed by atoms with van der Waals surface area (Å²) in [5.74, 6) is 0. The van der Waals surface area contributed by atoms with Crippen LogP contribution < -0.4 is 10.9 Å². The third kappa shape index (κ3) is 6.24. The van der Waals surface area contributed by atoms with Crippen molar-refractivity contribution >= 4 is 25.2 Å². The molecule has 9 heteroatoms. The fourth-order valence-electron chi connectivity index (χ4n) is 2.32. The summed E-state index contributed by atoms with van der Waals surface area (Å²) < 4.78 is 36.0. The van der Waals surface area contributed by atoms with Gasteiger partial charge in [0.1, 0.15) is 0 Å². The number of hydrogen-bond donors (Lipinski definition) is 4. The Morgan fingerprint density at radius 2 is 0.929 bits per heavy atom. The van der Waals surface area contributed by atoms with Crippen LogP contribution in [0, 0.1) is 0 Å². The van der Waals surface area contributed by atoms with Crippen LogP contribution in [0.4, 0.5) is 13.2 Å². The van der Waals surface area contributed by atoms with Gasteiger partial charge < -0.3 is 20.1 Å². The van der Waals surface area contributed by atoms with Gasteiger partial charge in [-0.25, -0.2) is 0 Å². The quantitative estimate of drug-likeness (QED) is 0.512. The molecule has 0 radical (unpaired) electrons. The number of benzene rings is 3. The van der Waals surface area contributed by atoms with Gasteiger partial charge in [0.25, 0.3) is 0 Å². The zero-order valence-corrected chi connectivity index (χ0v) is 14.6. The predicted molar refractivity (Wildman–Crippen MR) is 103 cm³/mol. The van der Waals surface area contributed by atoms with Crippen molar-refractivity contribution in [3.05, 3.63) is 84.4 Å². The highest BCUT2D eigenvalue weighted by molar-refractivity contribution is 6.58. The molecule has 0 saturated carbocycles. The molecule has 0 fully saturated rings. The zero-order valence-electron chi connectivity index (χ0n) is 14.6. The van der Waals surface area contributed by atoms with E-state index >= 15 is 0 Å². The Morgan fingerprint density at radius 1 is 0.536 bits per heavy atom. The topological polar surface area (TPSA) is 80.9 Å². The minimum atomic E-state index is -4.39. The largest absolute Gasteiger partial charge is 0.488 e. The van der Waals surface area contributed by atoms with Crippen LogP contribution in [0.3, 0.4) is 0 Å². The monoisotopic (exact) mass is 388 g/mol. The second-order valence-electron chi connectivity index (χ2n) is 5.86. The van der Waals surface area contributed by atoms with E-state index in [1.165, 1.54) is 0 Å². The molecular formula is C19H17B2F3O4. The molecule has 0 saturated heterocycles. The lowest BCUT2D eigenvalue weighted by molar-refractivity contribution is -0.137. The maximum absolute atomic E-state index is 12.0.